The zero-order valence-electron chi connectivity index (χ0n) is 7.80. The predicted octanol–water partition coefficient (Wildman–Crippen LogP) is 0.680. The fourth-order valence-electron chi connectivity index (χ4n) is 1.86. The summed E-state index contributed by atoms with van der Waals surface area (Å²) in [5, 5.41) is 17.4. The van der Waals surface area contributed by atoms with Gasteiger partial charge in [0.1, 0.15) is 0 Å². The second-order valence-corrected chi connectivity index (χ2v) is 3.49. The molecule has 0 spiro atoms. The van der Waals surface area contributed by atoms with Gasteiger partial charge in [-0.1, -0.05) is 18.1 Å². The summed E-state index contributed by atoms with van der Waals surface area (Å²) in [7, 11) is -1.36. The molecule has 1 aromatic rings. The zero-order valence-corrected chi connectivity index (χ0v) is 7.80. The molecule has 1 heterocycles. The minimum atomic E-state index is -1.36. The Morgan fingerprint density at radius 3 is 3.14 bits per heavy atom. The highest BCUT2D eigenvalue weighted by Gasteiger charge is 2.21. The number of aryl methyl sites for hydroxylation is 1. The lowest BCUT2D eigenvalue weighted by Crippen LogP contribution is -2.06. The second kappa shape index (κ2) is 3.94. The van der Waals surface area contributed by atoms with E-state index in [1.807, 2.05) is 12.1 Å². The van der Waals surface area contributed by atoms with Crippen LogP contribution in [0.25, 0.3) is 0 Å². The topological polar surface area (TPSA) is 53.4 Å². The van der Waals surface area contributed by atoms with Crippen molar-refractivity contribution >= 4 is 7.12 Å². The number of hydrogen-bond acceptors (Lipinski definition) is 3. The molecule has 0 saturated carbocycles. The molecule has 1 atom stereocenters. The van der Waals surface area contributed by atoms with Crippen molar-refractivity contribution in [1.82, 2.24) is 4.98 Å². The van der Waals surface area contributed by atoms with E-state index in [4.69, 9.17) is 10.0 Å². The maximum atomic E-state index is 8.71. The van der Waals surface area contributed by atoms with Crippen molar-refractivity contribution in [2.45, 2.75) is 18.8 Å². The van der Waals surface area contributed by atoms with Crippen LogP contribution in [0.5, 0.6) is 0 Å². The highest BCUT2D eigenvalue weighted by molar-refractivity contribution is 6.47. The Morgan fingerprint density at radius 1 is 1.50 bits per heavy atom. The molecule has 3 nitrogen and oxygen atoms in total. The van der Waals surface area contributed by atoms with E-state index in [1.165, 1.54) is 11.5 Å². The van der Waals surface area contributed by atoms with Crippen LogP contribution in [0.15, 0.2) is 30.4 Å². The number of pyridine rings is 1. The molecule has 1 aromatic heterocycles. The number of rotatable bonds is 2. The molecule has 0 aromatic carbocycles. The van der Waals surface area contributed by atoms with Crippen LogP contribution in [-0.2, 0) is 6.42 Å². The molecular weight excluding hydrogens is 177 g/mol. The minimum absolute atomic E-state index is 0.244. The quantitative estimate of drug-likeness (QED) is 0.672. The molecule has 2 rings (SSSR count). The summed E-state index contributed by atoms with van der Waals surface area (Å²) in [5.41, 5.74) is 2.35. The number of aromatic nitrogens is 1. The molecule has 4 heteroatoms. The third-order valence-electron chi connectivity index (χ3n) is 2.52. The Kier molecular flexibility index (Phi) is 2.66. The first kappa shape index (κ1) is 9.43. The van der Waals surface area contributed by atoms with E-state index < -0.39 is 7.12 Å². The lowest BCUT2D eigenvalue weighted by atomic mass is 9.89. The maximum absolute atomic E-state index is 8.71. The number of hydrogen-bond donors (Lipinski definition) is 2. The summed E-state index contributed by atoms with van der Waals surface area (Å²) >= 11 is 0. The van der Waals surface area contributed by atoms with Crippen LogP contribution in [0.4, 0.5) is 0 Å². The minimum Gasteiger partial charge on any atom is -0.424 e. The average Bonchev–Trinajstić information content (AvgIpc) is 2.58. The van der Waals surface area contributed by atoms with Crippen molar-refractivity contribution in [2.75, 3.05) is 0 Å². The molecule has 1 unspecified atom stereocenters. The average molecular weight is 189 g/mol. The lowest BCUT2D eigenvalue weighted by Gasteiger charge is -2.03. The van der Waals surface area contributed by atoms with Gasteiger partial charge in [0.05, 0.1) is 5.69 Å². The molecule has 72 valence electrons. The Labute approximate surface area is 83.3 Å². The summed E-state index contributed by atoms with van der Waals surface area (Å²) in [6.07, 6.45) is 5.64. The molecule has 1 aliphatic carbocycles. The Bertz CT molecular complexity index is 352. The second-order valence-electron chi connectivity index (χ2n) is 3.49. The van der Waals surface area contributed by atoms with Crippen molar-refractivity contribution in [3.63, 3.8) is 0 Å². The van der Waals surface area contributed by atoms with E-state index in [0.717, 1.165) is 18.5 Å². The predicted molar refractivity (Wildman–Crippen MR) is 54.6 cm³/mol. The third-order valence-corrected chi connectivity index (χ3v) is 2.52. The fourth-order valence-corrected chi connectivity index (χ4v) is 1.86. The molecule has 0 amide bonds. The highest BCUT2D eigenvalue weighted by atomic mass is 16.4. The zero-order chi connectivity index (χ0) is 9.97. The summed E-state index contributed by atoms with van der Waals surface area (Å²) in [5.74, 6) is 1.64. The van der Waals surface area contributed by atoms with Crippen LogP contribution in [0.1, 0.15) is 23.6 Å². The molecule has 1 aliphatic rings. The molecular formula is C10H12BNO2. The SMILES string of the molecule is OB(O)/C=C/C1CCc2cccnc21. The fraction of sp³-hybridized carbons (Fsp3) is 0.300. The van der Waals surface area contributed by atoms with Crippen molar-refractivity contribution in [3.8, 4) is 0 Å². The summed E-state index contributed by atoms with van der Waals surface area (Å²) < 4.78 is 0. The molecule has 0 bridgehead atoms. The highest BCUT2D eigenvalue weighted by Crippen LogP contribution is 2.31. The first-order chi connectivity index (χ1) is 6.77. The summed E-state index contributed by atoms with van der Waals surface area (Å²) in [6.45, 7) is 0. The van der Waals surface area contributed by atoms with Crippen LogP contribution in [0.3, 0.4) is 0 Å². The molecule has 14 heavy (non-hydrogen) atoms. The van der Waals surface area contributed by atoms with Gasteiger partial charge >= 0.3 is 7.12 Å². The molecule has 0 saturated heterocycles. The van der Waals surface area contributed by atoms with E-state index in [2.05, 4.69) is 11.1 Å². The van der Waals surface area contributed by atoms with Gasteiger partial charge in [-0.25, -0.2) is 0 Å². The lowest BCUT2D eigenvalue weighted by molar-refractivity contribution is 0.424. The molecule has 0 fully saturated rings. The van der Waals surface area contributed by atoms with Gasteiger partial charge in [-0.3, -0.25) is 4.98 Å². The number of fused-ring (bicyclic) bond motifs is 1. The molecule has 2 N–H and O–H groups in total. The summed E-state index contributed by atoms with van der Waals surface area (Å²) in [4.78, 5) is 4.30. The van der Waals surface area contributed by atoms with Gasteiger partial charge in [-0.15, -0.1) is 0 Å². The third kappa shape index (κ3) is 1.86. The standard InChI is InChI=1S/C10H12BNO2/c13-11(14)6-5-9-4-3-8-2-1-7-12-10(8)9/h1-2,5-7,9,13-14H,3-4H2/b6-5+. The van der Waals surface area contributed by atoms with E-state index >= 15 is 0 Å². The Balaban J connectivity index is 2.18. The van der Waals surface area contributed by atoms with Gasteiger partial charge in [0, 0.05) is 12.1 Å². The van der Waals surface area contributed by atoms with Crippen LogP contribution >= 0.6 is 0 Å². The normalized spacial score (nSPS) is 20.0. The van der Waals surface area contributed by atoms with Gasteiger partial charge in [0.25, 0.3) is 0 Å². The van der Waals surface area contributed by atoms with Gasteiger partial charge in [-0.2, -0.15) is 0 Å². The van der Waals surface area contributed by atoms with Gasteiger partial charge < -0.3 is 10.0 Å². The Morgan fingerprint density at radius 2 is 2.36 bits per heavy atom. The van der Waals surface area contributed by atoms with E-state index in [-0.39, 0.29) is 5.92 Å². The van der Waals surface area contributed by atoms with Crippen LogP contribution in [-0.4, -0.2) is 22.2 Å². The van der Waals surface area contributed by atoms with Crippen LogP contribution in [0.2, 0.25) is 0 Å². The van der Waals surface area contributed by atoms with Gasteiger partial charge in [0.15, 0.2) is 0 Å². The van der Waals surface area contributed by atoms with Crippen LogP contribution in [0, 0.1) is 0 Å². The number of allylic oxidation sites excluding steroid dienone is 1. The van der Waals surface area contributed by atoms with E-state index in [1.54, 1.807) is 6.20 Å². The number of nitrogens with zero attached hydrogens (tertiary/aromatic N) is 1. The Hall–Kier alpha value is -1.13. The van der Waals surface area contributed by atoms with Crippen molar-refractivity contribution in [1.29, 1.82) is 0 Å². The molecule has 0 aliphatic heterocycles. The van der Waals surface area contributed by atoms with Crippen LogP contribution < -0.4 is 0 Å². The summed E-state index contributed by atoms with van der Waals surface area (Å²) in [6, 6.07) is 4.01. The molecule has 0 radical (unpaired) electrons. The van der Waals surface area contributed by atoms with Crippen molar-refractivity contribution < 1.29 is 10.0 Å². The van der Waals surface area contributed by atoms with E-state index in [9.17, 15) is 0 Å². The first-order valence-corrected chi connectivity index (χ1v) is 4.75. The van der Waals surface area contributed by atoms with Crippen molar-refractivity contribution in [3.05, 3.63) is 41.6 Å². The van der Waals surface area contributed by atoms with Gasteiger partial charge in [-0.05, 0) is 24.5 Å². The smallest absolute Gasteiger partial charge is 0.424 e. The first-order valence-electron chi connectivity index (χ1n) is 4.75. The van der Waals surface area contributed by atoms with Crippen molar-refractivity contribution in [2.24, 2.45) is 0 Å². The van der Waals surface area contributed by atoms with Gasteiger partial charge in [0.2, 0.25) is 0 Å². The maximum Gasteiger partial charge on any atom is 0.480 e. The largest absolute Gasteiger partial charge is 0.480 e. The monoisotopic (exact) mass is 189 g/mol. The van der Waals surface area contributed by atoms with E-state index in [0.29, 0.717) is 0 Å².